The molecule has 1 heterocycles. The van der Waals surface area contributed by atoms with Gasteiger partial charge in [0.05, 0.1) is 13.1 Å². The monoisotopic (exact) mass is 414 g/mol. The first-order valence-corrected chi connectivity index (χ1v) is 9.42. The minimum Gasteiger partial charge on any atom is -0.545 e. The maximum absolute atomic E-state index is 12.6. The summed E-state index contributed by atoms with van der Waals surface area (Å²) in [6, 6.07) is 16.9. The lowest BCUT2D eigenvalue weighted by Gasteiger charge is -2.11. The number of rotatable bonds is 6. The molecule has 1 N–H and O–H groups in total. The Morgan fingerprint density at radius 1 is 1.10 bits per heavy atom. The van der Waals surface area contributed by atoms with Gasteiger partial charge in [-0.15, -0.1) is 0 Å². The first-order chi connectivity index (χ1) is 14.8. The molecule has 0 aliphatic carbocycles. The quantitative estimate of drug-likeness (QED) is 0.493. The first-order valence-electron chi connectivity index (χ1n) is 9.42. The van der Waals surface area contributed by atoms with E-state index in [0.29, 0.717) is 17.0 Å². The minimum atomic E-state index is -1.24. The van der Waals surface area contributed by atoms with Crippen molar-refractivity contribution < 1.29 is 19.4 Å². The minimum absolute atomic E-state index is 0.0385. The van der Waals surface area contributed by atoms with Gasteiger partial charge in [0.15, 0.2) is 0 Å². The average molecular weight is 414 g/mol. The van der Waals surface area contributed by atoms with Crippen LogP contribution in [0.4, 0.5) is 5.69 Å². The highest BCUT2D eigenvalue weighted by Crippen LogP contribution is 2.24. The first kappa shape index (κ1) is 21.4. The Bertz CT molecular complexity index is 1200. The standard InChI is InChI=1S/C24H21N3O4/c1-15-12-18(16(2)27(15)21-8-4-17(5-9-21)24(29)30)13-19(14-25)23(28)26-20-6-10-22(31-3)11-7-20/h4-13H,1-3H3,(H,26,28)(H,29,30)/p-1/b19-13-. The molecule has 0 spiro atoms. The molecule has 3 rings (SSSR count). The highest BCUT2D eigenvalue weighted by molar-refractivity contribution is 6.09. The third-order valence-corrected chi connectivity index (χ3v) is 4.84. The fraction of sp³-hybridized carbons (Fsp3) is 0.125. The molecule has 0 saturated carbocycles. The van der Waals surface area contributed by atoms with E-state index in [-0.39, 0.29) is 11.1 Å². The lowest BCUT2D eigenvalue weighted by Crippen LogP contribution is -2.22. The van der Waals surface area contributed by atoms with Crippen molar-refractivity contribution in [1.29, 1.82) is 5.26 Å². The zero-order valence-electron chi connectivity index (χ0n) is 17.3. The van der Waals surface area contributed by atoms with Crippen LogP contribution in [0.25, 0.3) is 11.8 Å². The number of ether oxygens (including phenoxy) is 1. The predicted octanol–water partition coefficient (Wildman–Crippen LogP) is 3.01. The van der Waals surface area contributed by atoms with Crippen LogP contribution in [0.15, 0.2) is 60.2 Å². The number of aromatic nitrogens is 1. The van der Waals surface area contributed by atoms with Gasteiger partial charge in [-0.25, -0.2) is 0 Å². The van der Waals surface area contributed by atoms with Gasteiger partial charge in [0, 0.05) is 22.8 Å². The summed E-state index contributed by atoms with van der Waals surface area (Å²) < 4.78 is 7.01. The molecule has 0 unspecified atom stereocenters. The van der Waals surface area contributed by atoms with Gasteiger partial charge in [0.1, 0.15) is 17.4 Å². The number of carboxylic acids is 1. The van der Waals surface area contributed by atoms with Crippen LogP contribution in [0.5, 0.6) is 5.75 Å². The van der Waals surface area contributed by atoms with Crippen LogP contribution in [0.3, 0.4) is 0 Å². The molecule has 0 aliphatic rings. The molecule has 0 atom stereocenters. The number of nitriles is 1. The van der Waals surface area contributed by atoms with Gasteiger partial charge in [-0.2, -0.15) is 5.26 Å². The van der Waals surface area contributed by atoms with Gasteiger partial charge < -0.3 is 24.5 Å². The number of carboxylic acid groups (broad SMARTS) is 1. The SMILES string of the molecule is COc1ccc(NC(=O)/C(C#N)=C\c2cc(C)n(-c3ccc(C(=O)[O-])cc3)c2C)cc1. The van der Waals surface area contributed by atoms with Crippen LogP contribution in [-0.4, -0.2) is 23.6 Å². The molecule has 0 saturated heterocycles. The molecular weight excluding hydrogens is 394 g/mol. The Hall–Kier alpha value is -4.31. The number of benzene rings is 2. The average Bonchev–Trinajstić information content (AvgIpc) is 3.05. The van der Waals surface area contributed by atoms with Gasteiger partial charge in [-0.3, -0.25) is 4.79 Å². The molecule has 156 valence electrons. The van der Waals surface area contributed by atoms with E-state index < -0.39 is 11.9 Å². The Kier molecular flexibility index (Phi) is 6.22. The third-order valence-electron chi connectivity index (χ3n) is 4.84. The van der Waals surface area contributed by atoms with E-state index in [1.54, 1.807) is 43.5 Å². The number of carbonyl (C=O) groups is 2. The summed E-state index contributed by atoms with van der Waals surface area (Å²) in [5, 5.41) is 23.2. The largest absolute Gasteiger partial charge is 0.545 e. The zero-order valence-corrected chi connectivity index (χ0v) is 17.3. The fourth-order valence-electron chi connectivity index (χ4n) is 3.25. The molecule has 1 aromatic heterocycles. The summed E-state index contributed by atoms with van der Waals surface area (Å²) in [5.41, 5.74) is 3.76. The maximum atomic E-state index is 12.6. The summed E-state index contributed by atoms with van der Waals surface area (Å²) in [6.45, 7) is 3.75. The van der Waals surface area contributed by atoms with E-state index in [1.807, 2.05) is 30.6 Å². The zero-order chi connectivity index (χ0) is 22.5. The van der Waals surface area contributed by atoms with E-state index >= 15 is 0 Å². The Labute approximate surface area is 179 Å². The van der Waals surface area contributed by atoms with Crippen molar-refractivity contribution in [2.75, 3.05) is 12.4 Å². The van der Waals surface area contributed by atoms with Crippen molar-refractivity contribution >= 4 is 23.6 Å². The Balaban J connectivity index is 1.88. The number of anilines is 1. The topological polar surface area (TPSA) is 107 Å². The lowest BCUT2D eigenvalue weighted by atomic mass is 10.1. The molecular formula is C24H20N3O4-. The maximum Gasteiger partial charge on any atom is 0.266 e. The number of hydrogen-bond donors (Lipinski definition) is 1. The van der Waals surface area contributed by atoms with Gasteiger partial charge in [-0.05, 0) is 73.5 Å². The molecule has 0 bridgehead atoms. The van der Waals surface area contributed by atoms with Crippen molar-refractivity contribution in [3.63, 3.8) is 0 Å². The number of hydrogen-bond acceptors (Lipinski definition) is 5. The fourth-order valence-corrected chi connectivity index (χ4v) is 3.25. The molecule has 7 nitrogen and oxygen atoms in total. The molecule has 0 fully saturated rings. The summed E-state index contributed by atoms with van der Waals surface area (Å²) in [6.07, 6.45) is 1.53. The molecule has 31 heavy (non-hydrogen) atoms. The predicted molar refractivity (Wildman–Crippen MR) is 115 cm³/mol. The van der Waals surface area contributed by atoms with Gasteiger partial charge in [-0.1, -0.05) is 12.1 Å². The number of nitrogens with zero attached hydrogens (tertiary/aromatic N) is 2. The highest BCUT2D eigenvalue weighted by atomic mass is 16.5. The smallest absolute Gasteiger partial charge is 0.266 e. The van der Waals surface area contributed by atoms with Gasteiger partial charge in [0.25, 0.3) is 5.91 Å². The molecule has 7 heteroatoms. The summed E-state index contributed by atoms with van der Waals surface area (Å²) in [5.74, 6) is -1.09. The van der Waals surface area contributed by atoms with E-state index in [4.69, 9.17) is 4.74 Å². The van der Waals surface area contributed by atoms with Crippen molar-refractivity contribution in [2.24, 2.45) is 0 Å². The van der Waals surface area contributed by atoms with E-state index in [9.17, 15) is 20.0 Å². The van der Waals surface area contributed by atoms with Crippen LogP contribution in [0, 0.1) is 25.2 Å². The van der Waals surface area contributed by atoms with Crippen LogP contribution in [0.1, 0.15) is 27.3 Å². The Morgan fingerprint density at radius 2 is 1.74 bits per heavy atom. The molecule has 2 aromatic carbocycles. The second-order valence-corrected chi connectivity index (χ2v) is 6.85. The molecule has 0 radical (unpaired) electrons. The second kappa shape index (κ2) is 9.01. The molecule has 0 aliphatic heterocycles. The van der Waals surface area contributed by atoms with Crippen molar-refractivity contribution in [2.45, 2.75) is 13.8 Å². The summed E-state index contributed by atoms with van der Waals surface area (Å²) in [4.78, 5) is 23.5. The van der Waals surface area contributed by atoms with Crippen LogP contribution in [-0.2, 0) is 4.79 Å². The highest BCUT2D eigenvalue weighted by Gasteiger charge is 2.14. The van der Waals surface area contributed by atoms with E-state index in [2.05, 4.69) is 5.32 Å². The number of aromatic carboxylic acids is 1. The van der Waals surface area contributed by atoms with Crippen molar-refractivity contribution in [3.8, 4) is 17.5 Å². The second-order valence-electron chi connectivity index (χ2n) is 6.85. The number of amides is 1. The van der Waals surface area contributed by atoms with Crippen LogP contribution >= 0.6 is 0 Å². The third kappa shape index (κ3) is 4.65. The molecule has 3 aromatic rings. The lowest BCUT2D eigenvalue weighted by molar-refractivity contribution is -0.255. The number of carbonyl (C=O) groups excluding carboxylic acids is 2. The summed E-state index contributed by atoms with van der Waals surface area (Å²) in [7, 11) is 1.55. The van der Waals surface area contributed by atoms with Crippen LogP contribution in [0.2, 0.25) is 0 Å². The van der Waals surface area contributed by atoms with E-state index in [0.717, 1.165) is 17.1 Å². The van der Waals surface area contributed by atoms with Crippen LogP contribution < -0.4 is 15.2 Å². The van der Waals surface area contributed by atoms with Crippen molar-refractivity contribution in [3.05, 3.63) is 82.7 Å². The Morgan fingerprint density at radius 3 is 2.29 bits per heavy atom. The van der Waals surface area contributed by atoms with Gasteiger partial charge in [0.2, 0.25) is 0 Å². The number of methoxy groups -OCH3 is 1. The normalized spacial score (nSPS) is 11.0. The molecule has 1 amide bonds. The van der Waals surface area contributed by atoms with E-state index in [1.165, 1.54) is 18.2 Å². The number of aryl methyl sites for hydroxylation is 1. The number of nitrogens with one attached hydrogen (secondary N) is 1. The van der Waals surface area contributed by atoms with Gasteiger partial charge >= 0.3 is 0 Å². The van der Waals surface area contributed by atoms with Crippen molar-refractivity contribution in [1.82, 2.24) is 4.57 Å². The summed E-state index contributed by atoms with van der Waals surface area (Å²) >= 11 is 0.